The van der Waals surface area contributed by atoms with Crippen molar-refractivity contribution in [2.24, 2.45) is 11.8 Å². The maximum atomic E-state index is 5.21. The second-order valence-electron chi connectivity index (χ2n) is 4.15. The molecule has 0 aliphatic carbocycles. The van der Waals surface area contributed by atoms with Crippen LogP contribution in [0.15, 0.2) is 29.2 Å². The number of benzene rings is 1. The summed E-state index contributed by atoms with van der Waals surface area (Å²) < 4.78 is 5.21. The summed E-state index contributed by atoms with van der Waals surface area (Å²) >= 11 is 5.48. The highest BCUT2D eigenvalue weighted by atomic mass is 79.9. The SMILES string of the molecule is COc1cccc(SCC(CBr)C(C)C)c1. The van der Waals surface area contributed by atoms with E-state index in [9.17, 15) is 0 Å². The average molecular weight is 303 g/mol. The van der Waals surface area contributed by atoms with E-state index in [0.29, 0.717) is 0 Å². The van der Waals surface area contributed by atoms with E-state index in [0.717, 1.165) is 28.7 Å². The summed E-state index contributed by atoms with van der Waals surface area (Å²) in [6.45, 7) is 4.55. The Labute approximate surface area is 111 Å². The van der Waals surface area contributed by atoms with E-state index in [1.54, 1.807) is 7.11 Å². The van der Waals surface area contributed by atoms with Crippen molar-refractivity contribution in [1.29, 1.82) is 0 Å². The van der Waals surface area contributed by atoms with Gasteiger partial charge in [0.15, 0.2) is 0 Å². The Balaban J connectivity index is 2.53. The monoisotopic (exact) mass is 302 g/mol. The molecule has 1 aromatic rings. The van der Waals surface area contributed by atoms with Crippen LogP contribution < -0.4 is 4.74 Å². The normalized spacial score (nSPS) is 12.8. The molecule has 0 N–H and O–H groups in total. The predicted molar refractivity (Wildman–Crippen MR) is 75.8 cm³/mol. The van der Waals surface area contributed by atoms with Gasteiger partial charge < -0.3 is 4.74 Å². The molecule has 0 amide bonds. The van der Waals surface area contributed by atoms with Crippen LogP contribution in [0.5, 0.6) is 5.75 Å². The first-order valence-electron chi connectivity index (χ1n) is 5.50. The molecule has 1 rings (SSSR count). The lowest BCUT2D eigenvalue weighted by Crippen LogP contribution is -2.12. The van der Waals surface area contributed by atoms with Gasteiger partial charge in [-0.05, 0) is 30.0 Å². The highest BCUT2D eigenvalue weighted by molar-refractivity contribution is 9.09. The van der Waals surface area contributed by atoms with Gasteiger partial charge in [0.2, 0.25) is 0 Å². The lowest BCUT2D eigenvalue weighted by atomic mass is 10.0. The summed E-state index contributed by atoms with van der Waals surface area (Å²) in [5.74, 6) is 3.52. The van der Waals surface area contributed by atoms with Crippen molar-refractivity contribution in [2.45, 2.75) is 18.7 Å². The van der Waals surface area contributed by atoms with Gasteiger partial charge >= 0.3 is 0 Å². The van der Waals surface area contributed by atoms with Crippen LogP contribution in [-0.4, -0.2) is 18.2 Å². The van der Waals surface area contributed by atoms with Crippen molar-refractivity contribution in [3.63, 3.8) is 0 Å². The Morgan fingerprint density at radius 1 is 1.38 bits per heavy atom. The molecule has 0 saturated carbocycles. The third-order valence-corrected chi connectivity index (χ3v) is 4.66. The van der Waals surface area contributed by atoms with Gasteiger partial charge in [-0.1, -0.05) is 35.8 Å². The predicted octanol–water partition coefficient (Wildman–Crippen LogP) is 4.45. The third kappa shape index (κ3) is 4.38. The van der Waals surface area contributed by atoms with Crippen molar-refractivity contribution < 1.29 is 4.74 Å². The van der Waals surface area contributed by atoms with E-state index in [-0.39, 0.29) is 0 Å². The third-order valence-electron chi connectivity index (χ3n) is 2.65. The van der Waals surface area contributed by atoms with Crippen molar-refractivity contribution in [2.75, 3.05) is 18.2 Å². The Morgan fingerprint density at radius 3 is 2.69 bits per heavy atom. The summed E-state index contributed by atoms with van der Waals surface area (Å²) in [5, 5.41) is 1.07. The topological polar surface area (TPSA) is 9.23 Å². The molecule has 16 heavy (non-hydrogen) atoms. The van der Waals surface area contributed by atoms with E-state index in [1.165, 1.54) is 4.90 Å². The molecule has 90 valence electrons. The van der Waals surface area contributed by atoms with Crippen molar-refractivity contribution >= 4 is 27.7 Å². The first kappa shape index (κ1) is 13.9. The number of thioether (sulfide) groups is 1. The lowest BCUT2D eigenvalue weighted by Gasteiger charge is -2.17. The van der Waals surface area contributed by atoms with Gasteiger partial charge in [-0.2, -0.15) is 0 Å². The molecule has 3 heteroatoms. The van der Waals surface area contributed by atoms with E-state index in [1.807, 2.05) is 23.9 Å². The van der Waals surface area contributed by atoms with Crippen LogP contribution >= 0.6 is 27.7 Å². The maximum Gasteiger partial charge on any atom is 0.119 e. The Hall–Kier alpha value is -0.150. The van der Waals surface area contributed by atoms with Crippen molar-refractivity contribution in [3.8, 4) is 5.75 Å². The number of hydrogen-bond donors (Lipinski definition) is 0. The fraction of sp³-hybridized carbons (Fsp3) is 0.538. The number of halogens is 1. The summed E-state index contributed by atoms with van der Waals surface area (Å²) in [7, 11) is 1.71. The molecular formula is C13H19BrOS. The minimum absolute atomic E-state index is 0.719. The zero-order valence-electron chi connectivity index (χ0n) is 10.1. The molecule has 0 bridgehead atoms. The van der Waals surface area contributed by atoms with Crippen LogP contribution in [0, 0.1) is 11.8 Å². The van der Waals surface area contributed by atoms with E-state index >= 15 is 0 Å². The summed E-state index contributed by atoms with van der Waals surface area (Å²) in [5.41, 5.74) is 0. The molecule has 0 spiro atoms. The van der Waals surface area contributed by atoms with Gasteiger partial charge in [-0.3, -0.25) is 0 Å². The maximum absolute atomic E-state index is 5.21. The van der Waals surface area contributed by atoms with Crippen LogP contribution in [0.3, 0.4) is 0 Å². The van der Waals surface area contributed by atoms with Gasteiger partial charge in [-0.25, -0.2) is 0 Å². The number of alkyl halides is 1. The Morgan fingerprint density at radius 2 is 2.12 bits per heavy atom. The van der Waals surface area contributed by atoms with E-state index in [2.05, 4.69) is 41.9 Å². The standard InChI is InChI=1S/C13H19BrOS/c1-10(2)11(8-14)9-16-13-6-4-5-12(7-13)15-3/h4-7,10-11H,8-9H2,1-3H3. The number of hydrogen-bond acceptors (Lipinski definition) is 2. The average Bonchev–Trinajstić information content (AvgIpc) is 2.29. The molecular weight excluding hydrogens is 284 g/mol. The zero-order valence-corrected chi connectivity index (χ0v) is 12.5. The minimum Gasteiger partial charge on any atom is -0.497 e. The fourth-order valence-corrected chi connectivity index (χ4v) is 3.87. The molecule has 1 atom stereocenters. The Bertz CT molecular complexity index is 315. The molecule has 0 saturated heterocycles. The summed E-state index contributed by atoms with van der Waals surface area (Å²) in [4.78, 5) is 1.28. The summed E-state index contributed by atoms with van der Waals surface area (Å²) in [6.07, 6.45) is 0. The lowest BCUT2D eigenvalue weighted by molar-refractivity contribution is 0.413. The molecule has 0 aromatic heterocycles. The smallest absolute Gasteiger partial charge is 0.119 e. The molecule has 0 aliphatic heterocycles. The second-order valence-corrected chi connectivity index (χ2v) is 5.89. The minimum atomic E-state index is 0.719. The molecule has 1 unspecified atom stereocenters. The molecule has 1 nitrogen and oxygen atoms in total. The van der Waals surface area contributed by atoms with Gasteiger partial charge in [-0.15, -0.1) is 11.8 Å². The van der Waals surface area contributed by atoms with Crippen LogP contribution in [0.4, 0.5) is 0 Å². The van der Waals surface area contributed by atoms with E-state index < -0.39 is 0 Å². The number of methoxy groups -OCH3 is 1. The van der Waals surface area contributed by atoms with Gasteiger partial charge in [0.05, 0.1) is 7.11 Å². The largest absolute Gasteiger partial charge is 0.497 e. The first-order chi connectivity index (χ1) is 7.67. The van der Waals surface area contributed by atoms with Crippen LogP contribution in [0.1, 0.15) is 13.8 Å². The first-order valence-corrected chi connectivity index (χ1v) is 7.61. The zero-order chi connectivity index (χ0) is 12.0. The molecule has 0 aliphatic rings. The Kier molecular flexibility index (Phi) is 6.29. The highest BCUT2D eigenvalue weighted by Crippen LogP contribution is 2.27. The fourth-order valence-electron chi connectivity index (χ4n) is 1.31. The molecule has 0 fully saturated rings. The van der Waals surface area contributed by atoms with Crippen LogP contribution in [0.25, 0.3) is 0 Å². The van der Waals surface area contributed by atoms with Crippen LogP contribution in [-0.2, 0) is 0 Å². The van der Waals surface area contributed by atoms with Crippen LogP contribution in [0.2, 0.25) is 0 Å². The van der Waals surface area contributed by atoms with Gasteiger partial charge in [0, 0.05) is 16.0 Å². The molecule has 0 radical (unpaired) electrons. The molecule has 1 aromatic carbocycles. The van der Waals surface area contributed by atoms with E-state index in [4.69, 9.17) is 4.74 Å². The van der Waals surface area contributed by atoms with Gasteiger partial charge in [0.1, 0.15) is 5.75 Å². The highest BCUT2D eigenvalue weighted by Gasteiger charge is 2.12. The van der Waals surface area contributed by atoms with Crippen molar-refractivity contribution in [1.82, 2.24) is 0 Å². The number of rotatable bonds is 6. The molecule has 0 heterocycles. The summed E-state index contributed by atoms with van der Waals surface area (Å²) in [6, 6.07) is 8.25. The van der Waals surface area contributed by atoms with Gasteiger partial charge in [0.25, 0.3) is 0 Å². The second kappa shape index (κ2) is 7.23. The quantitative estimate of drug-likeness (QED) is 0.567. The number of ether oxygens (including phenoxy) is 1. The van der Waals surface area contributed by atoms with Crippen molar-refractivity contribution in [3.05, 3.63) is 24.3 Å².